The Morgan fingerprint density at radius 1 is 1.11 bits per heavy atom. The summed E-state index contributed by atoms with van der Waals surface area (Å²) >= 11 is 0. The van der Waals surface area contributed by atoms with E-state index in [2.05, 4.69) is 10.0 Å². The average Bonchev–Trinajstić information content (AvgIpc) is 2.34. The van der Waals surface area contributed by atoms with Crippen molar-refractivity contribution in [2.45, 2.75) is 26.3 Å². The summed E-state index contributed by atoms with van der Waals surface area (Å²) in [7, 11) is -3.17. The Morgan fingerprint density at radius 3 is 2.39 bits per heavy atom. The molecule has 5 heteroatoms. The number of benzene rings is 1. The van der Waals surface area contributed by atoms with Gasteiger partial charge in [-0.1, -0.05) is 44.2 Å². The number of hydrogen-bond donors (Lipinski definition) is 2. The van der Waals surface area contributed by atoms with Crippen molar-refractivity contribution in [3.63, 3.8) is 0 Å². The summed E-state index contributed by atoms with van der Waals surface area (Å²) < 4.78 is 26.0. The first kappa shape index (κ1) is 15.1. The van der Waals surface area contributed by atoms with Crippen molar-refractivity contribution < 1.29 is 8.42 Å². The standard InChI is InChI=1S/C13H22N2O2S/c1-12(2)14-9-10-15-18(16,17)11-8-13-6-4-3-5-7-13/h3-7,12,14-15H,8-11H2,1-2H3. The summed E-state index contributed by atoms with van der Waals surface area (Å²) in [6.07, 6.45) is 0.549. The molecule has 0 heterocycles. The highest BCUT2D eigenvalue weighted by molar-refractivity contribution is 7.89. The van der Waals surface area contributed by atoms with Crippen molar-refractivity contribution in [1.29, 1.82) is 0 Å². The minimum Gasteiger partial charge on any atom is -0.313 e. The number of hydrogen-bond acceptors (Lipinski definition) is 3. The van der Waals surface area contributed by atoms with Crippen LogP contribution in [0.25, 0.3) is 0 Å². The van der Waals surface area contributed by atoms with E-state index in [1.165, 1.54) is 0 Å². The van der Waals surface area contributed by atoms with Gasteiger partial charge in [0.25, 0.3) is 0 Å². The maximum Gasteiger partial charge on any atom is 0.211 e. The highest BCUT2D eigenvalue weighted by Crippen LogP contribution is 2.01. The molecule has 18 heavy (non-hydrogen) atoms. The van der Waals surface area contributed by atoms with Crippen molar-refractivity contribution in [2.24, 2.45) is 0 Å². The predicted molar refractivity (Wildman–Crippen MR) is 75.1 cm³/mol. The molecule has 1 rings (SSSR count). The molecule has 2 N–H and O–H groups in total. The fraction of sp³-hybridized carbons (Fsp3) is 0.538. The molecule has 0 aliphatic heterocycles. The van der Waals surface area contributed by atoms with Gasteiger partial charge in [-0.3, -0.25) is 0 Å². The third-order valence-electron chi connectivity index (χ3n) is 2.50. The van der Waals surface area contributed by atoms with E-state index in [-0.39, 0.29) is 5.75 Å². The van der Waals surface area contributed by atoms with Crippen molar-refractivity contribution >= 4 is 10.0 Å². The predicted octanol–water partition coefficient (Wildman–Crippen LogP) is 1.15. The van der Waals surface area contributed by atoms with Crippen LogP contribution in [0.5, 0.6) is 0 Å². The number of sulfonamides is 1. The first-order valence-corrected chi connectivity index (χ1v) is 7.89. The first-order valence-electron chi connectivity index (χ1n) is 6.24. The molecule has 0 radical (unpaired) electrons. The molecule has 1 aromatic carbocycles. The third-order valence-corrected chi connectivity index (χ3v) is 3.89. The molecule has 0 atom stereocenters. The van der Waals surface area contributed by atoms with Gasteiger partial charge in [0.15, 0.2) is 0 Å². The molecular weight excluding hydrogens is 248 g/mol. The maximum absolute atomic E-state index is 11.7. The fourth-order valence-electron chi connectivity index (χ4n) is 1.54. The van der Waals surface area contributed by atoms with Crippen LogP contribution < -0.4 is 10.0 Å². The van der Waals surface area contributed by atoms with Gasteiger partial charge in [0.1, 0.15) is 0 Å². The SMILES string of the molecule is CC(C)NCCNS(=O)(=O)CCc1ccccc1. The van der Waals surface area contributed by atoms with Crippen molar-refractivity contribution in [2.75, 3.05) is 18.8 Å². The Hall–Kier alpha value is -0.910. The van der Waals surface area contributed by atoms with Crippen molar-refractivity contribution in [1.82, 2.24) is 10.0 Å². The summed E-state index contributed by atoms with van der Waals surface area (Å²) in [6.45, 7) is 5.16. The van der Waals surface area contributed by atoms with E-state index in [1.807, 2.05) is 44.2 Å². The van der Waals surface area contributed by atoms with Crippen LogP contribution in [0.4, 0.5) is 0 Å². The van der Waals surface area contributed by atoms with Gasteiger partial charge in [0.2, 0.25) is 10.0 Å². The summed E-state index contributed by atoms with van der Waals surface area (Å²) in [6, 6.07) is 10.0. The Morgan fingerprint density at radius 2 is 1.78 bits per heavy atom. The van der Waals surface area contributed by atoms with Crippen LogP contribution in [0, 0.1) is 0 Å². The second kappa shape index (κ2) is 7.51. The van der Waals surface area contributed by atoms with E-state index in [4.69, 9.17) is 0 Å². The van der Waals surface area contributed by atoms with Gasteiger partial charge in [-0.15, -0.1) is 0 Å². The van der Waals surface area contributed by atoms with Gasteiger partial charge >= 0.3 is 0 Å². The molecule has 0 unspecified atom stereocenters. The van der Waals surface area contributed by atoms with E-state index in [0.29, 0.717) is 25.6 Å². The summed E-state index contributed by atoms with van der Waals surface area (Å²) in [5.41, 5.74) is 1.04. The Bertz CT molecular complexity index is 430. The Balaban J connectivity index is 2.28. The zero-order valence-electron chi connectivity index (χ0n) is 11.0. The smallest absolute Gasteiger partial charge is 0.211 e. The van der Waals surface area contributed by atoms with Crippen LogP contribution in [0.1, 0.15) is 19.4 Å². The normalized spacial score (nSPS) is 11.9. The lowest BCUT2D eigenvalue weighted by atomic mass is 10.2. The highest BCUT2D eigenvalue weighted by Gasteiger charge is 2.09. The van der Waals surface area contributed by atoms with Crippen LogP contribution in [0.3, 0.4) is 0 Å². The molecular formula is C13H22N2O2S. The van der Waals surface area contributed by atoms with Crippen LogP contribution in [0.15, 0.2) is 30.3 Å². The second-order valence-electron chi connectivity index (χ2n) is 4.56. The topological polar surface area (TPSA) is 58.2 Å². The zero-order chi connectivity index (χ0) is 13.4. The summed E-state index contributed by atoms with van der Waals surface area (Å²) in [5.74, 6) is 0.138. The highest BCUT2D eigenvalue weighted by atomic mass is 32.2. The molecule has 4 nitrogen and oxygen atoms in total. The molecule has 0 amide bonds. The average molecular weight is 270 g/mol. The van der Waals surface area contributed by atoms with Gasteiger partial charge in [-0.2, -0.15) is 0 Å². The monoisotopic (exact) mass is 270 g/mol. The van der Waals surface area contributed by atoms with Crippen LogP contribution in [-0.2, 0) is 16.4 Å². The van der Waals surface area contributed by atoms with Crippen molar-refractivity contribution in [3.05, 3.63) is 35.9 Å². The molecule has 102 valence electrons. The van der Waals surface area contributed by atoms with E-state index in [0.717, 1.165) is 5.56 Å². The van der Waals surface area contributed by atoms with E-state index < -0.39 is 10.0 Å². The molecule has 0 aromatic heterocycles. The maximum atomic E-state index is 11.7. The van der Waals surface area contributed by atoms with E-state index >= 15 is 0 Å². The molecule has 0 saturated carbocycles. The molecule has 0 aliphatic rings. The minimum atomic E-state index is -3.17. The number of nitrogens with one attached hydrogen (secondary N) is 2. The quantitative estimate of drug-likeness (QED) is 0.697. The third kappa shape index (κ3) is 6.74. The van der Waals surface area contributed by atoms with Gasteiger partial charge < -0.3 is 5.32 Å². The molecule has 0 fully saturated rings. The summed E-state index contributed by atoms with van der Waals surface area (Å²) in [4.78, 5) is 0. The molecule has 0 spiro atoms. The van der Waals surface area contributed by atoms with Crippen LogP contribution >= 0.6 is 0 Å². The second-order valence-corrected chi connectivity index (χ2v) is 6.48. The van der Waals surface area contributed by atoms with Crippen LogP contribution in [-0.4, -0.2) is 33.3 Å². The molecule has 0 aliphatic carbocycles. The van der Waals surface area contributed by atoms with Gasteiger partial charge in [0, 0.05) is 19.1 Å². The molecule has 1 aromatic rings. The lowest BCUT2D eigenvalue weighted by Crippen LogP contribution is -2.36. The lowest BCUT2D eigenvalue weighted by molar-refractivity contribution is 0.559. The molecule has 0 bridgehead atoms. The van der Waals surface area contributed by atoms with Gasteiger partial charge in [-0.05, 0) is 12.0 Å². The fourth-order valence-corrected chi connectivity index (χ4v) is 2.60. The minimum absolute atomic E-state index is 0.138. The van der Waals surface area contributed by atoms with Gasteiger partial charge in [0.05, 0.1) is 5.75 Å². The Kier molecular flexibility index (Phi) is 6.32. The number of aryl methyl sites for hydroxylation is 1. The first-order chi connectivity index (χ1) is 8.49. The summed E-state index contributed by atoms with van der Waals surface area (Å²) in [5, 5.41) is 3.16. The van der Waals surface area contributed by atoms with Gasteiger partial charge in [-0.25, -0.2) is 13.1 Å². The lowest BCUT2D eigenvalue weighted by Gasteiger charge is -2.09. The zero-order valence-corrected chi connectivity index (χ0v) is 11.8. The Labute approximate surface area is 110 Å². The van der Waals surface area contributed by atoms with E-state index in [9.17, 15) is 8.42 Å². The van der Waals surface area contributed by atoms with Crippen molar-refractivity contribution in [3.8, 4) is 0 Å². The largest absolute Gasteiger partial charge is 0.313 e. The number of rotatable bonds is 8. The van der Waals surface area contributed by atoms with E-state index in [1.54, 1.807) is 0 Å². The van der Waals surface area contributed by atoms with Crippen LogP contribution in [0.2, 0.25) is 0 Å². The molecule has 0 saturated heterocycles.